The van der Waals surface area contributed by atoms with Crippen molar-refractivity contribution >= 4 is 18.0 Å². The lowest BCUT2D eigenvalue weighted by Gasteiger charge is -2.20. The molecule has 8 nitrogen and oxygen atoms in total. The van der Waals surface area contributed by atoms with Gasteiger partial charge in [0.1, 0.15) is 5.36 Å². The van der Waals surface area contributed by atoms with Crippen molar-refractivity contribution in [3.8, 4) is 5.75 Å². The fourth-order valence-electron chi connectivity index (χ4n) is 4.33. The second-order valence-corrected chi connectivity index (χ2v) is 8.08. The van der Waals surface area contributed by atoms with Crippen molar-refractivity contribution in [1.29, 1.82) is 0 Å². The number of esters is 1. The van der Waals surface area contributed by atoms with Gasteiger partial charge in [0.15, 0.2) is 11.3 Å². The number of carbonyl (C=O) groups excluding carboxylic acids is 2. The molecule has 1 atom stereocenters. The Morgan fingerprint density at radius 3 is 2.69 bits per heavy atom. The molecular formula is C24H27N3O5. The SMILES string of the molecule is CCOC(=O)c1c(O)c2c(n(CCN3CCCC3=O)c1=O)=CC(Cc1ccccc1)CN=2. The quantitative estimate of drug-likeness (QED) is 0.640. The fourth-order valence-corrected chi connectivity index (χ4v) is 4.33. The smallest absolute Gasteiger partial charge is 0.347 e. The molecule has 8 heteroatoms. The molecular weight excluding hydrogens is 410 g/mol. The van der Waals surface area contributed by atoms with Crippen molar-refractivity contribution in [3.63, 3.8) is 0 Å². The third kappa shape index (κ3) is 4.30. The van der Waals surface area contributed by atoms with Gasteiger partial charge in [-0.05, 0) is 25.3 Å². The predicted molar refractivity (Wildman–Crippen MR) is 118 cm³/mol. The molecule has 2 aromatic rings. The number of benzene rings is 1. The Bertz CT molecular complexity index is 1200. The molecule has 2 aliphatic rings. The van der Waals surface area contributed by atoms with Crippen LogP contribution in [0.5, 0.6) is 5.75 Å². The van der Waals surface area contributed by atoms with E-state index in [1.807, 2.05) is 36.4 Å². The summed E-state index contributed by atoms with van der Waals surface area (Å²) in [7, 11) is 0. The molecule has 3 heterocycles. The summed E-state index contributed by atoms with van der Waals surface area (Å²) in [5.74, 6) is -1.21. The topological polar surface area (TPSA) is 101 Å². The molecule has 1 amide bonds. The number of nitrogens with zero attached hydrogens (tertiary/aromatic N) is 3. The summed E-state index contributed by atoms with van der Waals surface area (Å²) in [6.07, 6.45) is 3.99. The summed E-state index contributed by atoms with van der Waals surface area (Å²) in [6, 6.07) is 9.99. The number of aromatic hydroxyl groups is 1. The molecule has 1 aromatic carbocycles. The van der Waals surface area contributed by atoms with Crippen LogP contribution in [0.1, 0.15) is 35.7 Å². The minimum atomic E-state index is -0.870. The molecule has 1 unspecified atom stereocenters. The van der Waals surface area contributed by atoms with Gasteiger partial charge in [-0.2, -0.15) is 0 Å². The van der Waals surface area contributed by atoms with Crippen LogP contribution >= 0.6 is 0 Å². The van der Waals surface area contributed by atoms with Gasteiger partial charge in [-0.3, -0.25) is 14.6 Å². The van der Waals surface area contributed by atoms with Gasteiger partial charge in [0.05, 0.1) is 12.0 Å². The van der Waals surface area contributed by atoms with Crippen molar-refractivity contribution < 1.29 is 19.4 Å². The van der Waals surface area contributed by atoms with Gasteiger partial charge in [-0.25, -0.2) is 4.79 Å². The number of likely N-dealkylation sites (tertiary alicyclic amines) is 1. The predicted octanol–water partition coefficient (Wildman–Crippen LogP) is 0.626. The first-order valence-electron chi connectivity index (χ1n) is 11.0. The first-order valence-corrected chi connectivity index (χ1v) is 11.0. The maximum atomic E-state index is 13.3. The van der Waals surface area contributed by atoms with Crippen LogP contribution < -0.4 is 16.3 Å². The van der Waals surface area contributed by atoms with Crippen molar-refractivity contribution in [1.82, 2.24) is 9.47 Å². The lowest BCUT2D eigenvalue weighted by molar-refractivity contribution is -0.127. The molecule has 0 bridgehead atoms. The van der Waals surface area contributed by atoms with Gasteiger partial charge >= 0.3 is 5.97 Å². The molecule has 1 fully saturated rings. The summed E-state index contributed by atoms with van der Waals surface area (Å²) < 4.78 is 6.45. The van der Waals surface area contributed by atoms with Crippen molar-refractivity contribution in [3.05, 3.63) is 62.5 Å². The van der Waals surface area contributed by atoms with E-state index in [0.717, 1.165) is 18.4 Å². The zero-order valence-electron chi connectivity index (χ0n) is 18.1. The molecule has 0 aliphatic carbocycles. The molecule has 4 rings (SSSR count). The number of aromatic nitrogens is 1. The van der Waals surface area contributed by atoms with Crippen LogP contribution in [0.4, 0.5) is 0 Å². The third-order valence-corrected chi connectivity index (χ3v) is 5.92. The maximum absolute atomic E-state index is 13.3. The van der Waals surface area contributed by atoms with Gasteiger partial charge in [-0.15, -0.1) is 0 Å². The van der Waals surface area contributed by atoms with Gasteiger partial charge in [-0.1, -0.05) is 36.4 Å². The van der Waals surface area contributed by atoms with Crippen LogP contribution in [-0.2, 0) is 22.5 Å². The molecule has 1 N–H and O–H groups in total. The molecule has 2 aliphatic heterocycles. The second kappa shape index (κ2) is 9.38. The highest BCUT2D eigenvalue weighted by Crippen LogP contribution is 2.14. The maximum Gasteiger partial charge on any atom is 0.347 e. The summed E-state index contributed by atoms with van der Waals surface area (Å²) in [5, 5.41) is 11.5. The highest BCUT2D eigenvalue weighted by molar-refractivity contribution is 5.91. The Morgan fingerprint density at radius 2 is 2.00 bits per heavy atom. The molecule has 32 heavy (non-hydrogen) atoms. The van der Waals surface area contributed by atoms with Crippen LogP contribution in [0.3, 0.4) is 0 Å². The van der Waals surface area contributed by atoms with E-state index in [-0.39, 0.29) is 30.3 Å². The monoisotopic (exact) mass is 437 g/mol. The summed E-state index contributed by atoms with van der Waals surface area (Å²) in [5.41, 5.74) is 0.117. The molecule has 1 saturated heterocycles. The number of rotatable bonds is 7. The Kier molecular flexibility index (Phi) is 6.39. The number of pyridine rings is 1. The molecule has 168 valence electrons. The molecule has 0 radical (unpaired) electrons. The molecule has 0 spiro atoms. The van der Waals surface area contributed by atoms with Gasteiger partial charge in [0.25, 0.3) is 5.56 Å². The van der Waals surface area contributed by atoms with Crippen molar-refractivity contribution in [2.45, 2.75) is 32.7 Å². The number of hydrogen-bond acceptors (Lipinski definition) is 6. The van der Waals surface area contributed by atoms with Crippen LogP contribution in [0.2, 0.25) is 0 Å². The number of hydrogen-bond donors (Lipinski definition) is 1. The average molecular weight is 437 g/mol. The highest BCUT2D eigenvalue weighted by atomic mass is 16.5. The first-order chi connectivity index (χ1) is 15.5. The van der Waals surface area contributed by atoms with E-state index in [1.54, 1.807) is 11.8 Å². The Labute approximate surface area is 185 Å². The molecule has 1 aromatic heterocycles. The van der Waals surface area contributed by atoms with E-state index in [9.17, 15) is 19.5 Å². The highest BCUT2D eigenvalue weighted by Gasteiger charge is 2.26. The normalized spacial score (nSPS) is 17.5. The minimum Gasteiger partial charge on any atom is -0.505 e. The fraction of sp³-hybridized carbons (Fsp3) is 0.417. The average Bonchev–Trinajstić information content (AvgIpc) is 3.19. The van der Waals surface area contributed by atoms with Gasteiger partial charge in [0, 0.05) is 38.5 Å². The van der Waals surface area contributed by atoms with Crippen LogP contribution in [0.15, 0.2) is 40.1 Å². The zero-order chi connectivity index (χ0) is 22.7. The van der Waals surface area contributed by atoms with Crippen LogP contribution in [-0.4, -0.2) is 52.7 Å². The summed E-state index contributed by atoms with van der Waals surface area (Å²) >= 11 is 0. The number of carbonyl (C=O) groups is 2. The number of fused-ring (bicyclic) bond motifs is 1. The van der Waals surface area contributed by atoms with E-state index in [0.29, 0.717) is 31.4 Å². The summed E-state index contributed by atoms with van der Waals surface area (Å²) in [4.78, 5) is 44.0. The van der Waals surface area contributed by atoms with E-state index < -0.39 is 22.8 Å². The lowest BCUT2D eigenvalue weighted by Crippen LogP contribution is -2.50. The third-order valence-electron chi connectivity index (χ3n) is 5.92. The first kappa shape index (κ1) is 21.8. The van der Waals surface area contributed by atoms with Gasteiger partial charge < -0.3 is 19.3 Å². The van der Waals surface area contributed by atoms with Crippen LogP contribution in [0, 0.1) is 5.92 Å². The Balaban J connectivity index is 1.77. The second-order valence-electron chi connectivity index (χ2n) is 8.08. The molecule has 0 saturated carbocycles. The Morgan fingerprint density at radius 1 is 1.22 bits per heavy atom. The van der Waals surface area contributed by atoms with E-state index >= 15 is 0 Å². The van der Waals surface area contributed by atoms with Crippen molar-refractivity contribution in [2.75, 3.05) is 26.2 Å². The van der Waals surface area contributed by atoms with Crippen molar-refractivity contribution in [2.24, 2.45) is 10.9 Å². The van der Waals surface area contributed by atoms with Crippen LogP contribution in [0.25, 0.3) is 6.08 Å². The lowest BCUT2D eigenvalue weighted by atomic mass is 9.97. The Hall–Kier alpha value is -3.42. The largest absolute Gasteiger partial charge is 0.505 e. The van der Waals surface area contributed by atoms with E-state index in [2.05, 4.69) is 4.99 Å². The van der Waals surface area contributed by atoms with E-state index in [4.69, 9.17) is 4.74 Å². The number of ether oxygens (including phenoxy) is 1. The number of amides is 1. The van der Waals surface area contributed by atoms with E-state index in [1.165, 1.54) is 4.57 Å². The summed E-state index contributed by atoms with van der Waals surface area (Å²) in [6.45, 7) is 3.37. The minimum absolute atomic E-state index is 0.0387. The standard InChI is InChI=1S/C24H27N3O5/c1-2-32-24(31)20-22(29)21-18(14-17(15-25-21)13-16-7-4-3-5-8-16)27(23(20)30)12-11-26-10-6-9-19(26)28/h3-5,7-8,14,17,29H,2,6,9-13,15H2,1H3. The van der Waals surface area contributed by atoms with Gasteiger partial charge in [0.2, 0.25) is 5.91 Å². The zero-order valence-corrected chi connectivity index (χ0v) is 18.1.